The minimum atomic E-state index is -0.627. The Morgan fingerprint density at radius 3 is 2.52 bits per heavy atom. The van der Waals surface area contributed by atoms with Crippen LogP contribution in [0.3, 0.4) is 0 Å². The highest BCUT2D eigenvalue weighted by molar-refractivity contribution is 6.19. The summed E-state index contributed by atoms with van der Waals surface area (Å²) in [7, 11) is 1.71. The number of ether oxygens (including phenoxy) is 1. The number of carbonyl (C=O) groups excluding carboxylic acids is 2. The average molecular weight is 452 g/mol. The van der Waals surface area contributed by atoms with E-state index >= 15 is 0 Å². The summed E-state index contributed by atoms with van der Waals surface area (Å²) in [5.41, 5.74) is 5.36. The third kappa shape index (κ3) is 3.38. The van der Waals surface area contributed by atoms with Gasteiger partial charge in [-0.25, -0.2) is 9.36 Å². The predicted octanol–water partition coefficient (Wildman–Crippen LogP) is 1.81. The number of aliphatic imine (C=N–C) groups is 1. The van der Waals surface area contributed by atoms with Crippen molar-refractivity contribution in [3.8, 4) is 5.69 Å². The number of aromatic nitrogens is 2. The molecule has 9 nitrogen and oxygen atoms in total. The van der Waals surface area contributed by atoms with Gasteiger partial charge in [-0.05, 0) is 39.3 Å². The number of nitrogens with zero attached hydrogens (tertiary/aromatic N) is 6. The van der Waals surface area contributed by atoms with E-state index in [2.05, 4.69) is 41.5 Å². The Morgan fingerprint density at radius 2 is 1.82 bits per heavy atom. The number of morpholine rings is 1. The van der Waals surface area contributed by atoms with Crippen LogP contribution < -0.4 is 4.57 Å². The summed E-state index contributed by atoms with van der Waals surface area (Å²) in [6.45, 7) is 12.2. The lowest BCUT2D eigenvalue weighted by Gasteiger charge is -2.35. The topological polar surface area (TPSA) is 74.3 Å². The minimum Gasteiger partial charge on any atom is -0.379 e. The third-order valence-electron chi connectivity index (χ3n) is 7.05. The highest BCUT2D eigenvalue weighted by Gasteiger charge is 2.54. The van der Waals surface area contributed by atoms with Crippen molar-refractivity contribution in [1.29, 1.82) is 0 Å². The molecule has 174 valence electrons. The number of urea groups is 1. The van der Waals surface area contributed by atoms with Gasteiger partial charge in [-0.1, -0.05) is 22.7 Å². The Labute approximate surface area is 193 Å². The third-order valence-corrected chi connectivity index (χ3v) is 7.05. The molecule has 0 saturated carbocycles. The van der Waals surface area contributed by atoms with Crippen LogP contribution in [0.1, 0.15) is 28.6 Å². The van der Waals surface area contributed by atoms with Crippen LogP contribution in [0, 0.1) is 27.7 Å². The van der Waals surface area contributed by atoms with Gasteiger partial charge in [0.15, 0.2) is 0 Å². The van der Waals surface area contributed by atoms with E-state index in [0.717, 1.165) is 35.7 Å². The van der Waals surface area contributed by atoms with Gasteiger partial charge < -0.3 is 4.74 Å². The summed E-state index contributed by atoms with van der Waals surface area (Å²) >= 11 is 0. The first-order chi connectivity index (χ1) is 15.8. The molecule has 0 bridgehead atoms. The summed E-state index contributed by atoms with van der Waals surface area (Å²) in [5, 5.41) is 0. The zero-order valence-electron chi connectivity index (χ0n) is 20.0. The van der Waals surface area contributed by atoms with E-state index in [1.54, 1.807) is 7.05 Å². The SMILES string of the molecule is Cc1ccc(-n2c(C)c(C)[n+]3c2N=C2C3C(=O)N(CCN3CCOCC3)C(=O)N2C)c(C)c1. The number of imide groups is 1. The van der Waals surface area contributed by atoms with E-state index in [1.807, 2.05) is 18.4 Å². The number of fused-ring (bicyclic) bond motifs is 3. The van der Waals surface area contributed by atoms with Gasteiger partial charge in [-0.15, -0.1) is 0 Å². The highest BCUT2D eigenvalue weighted by Crippen LogP contribution is 2.33. The average Bonchev–Trinajstić information content (AvgIpc) is 3.29. The molecule has 1 unspecified atom stereocenters. The molecule has 2 fully saturated rings. The molecule has 1 aromatic carbocycles. The predicted molar refractivity (Wildman–Crippen MR) is 123 cm³/mol. The van der Waals surface area contributed by atoms with Crippen molar-refractivity contribution < 1.29 is 18.9 Å². The lowest BCUT2D eigenvalue weighted by molar-refractivity contribution is -0.682. The molecule has 9 heteroatoms. The monoisotopic (exact) mass is 451 g/mol. The molecule has 0 spiro atoms. The molecule has 0 aliphatic carbocycles. The van der Waals surface area contributed by atoms with E-state index in [-0.39, 0.29) is 11.9 Å². The lowest BCUT2D eigenvalue weighted by Crippen LogP contribution is -2.64. The van der Waals surface area contributed by atoms with E-state index < -0.39 is 6.04 Å². The second-order valence-corrected chi connectivity index (χ2v) is 9.12. The molecule has 3 amide bonds. The van der Waals surface area contributed by atoms with Gasteiger partial charge in [0.1, 0.15) is 17.1 Å². The number of imidazole rings is 1. The van der Waals surface area contributed by atoms with Gasteiger partial charge in [0.25, 0.3) is 5.91 Å². The summed E-state index contributed by atoms with van der Waals surface area (Å²) in [6.07, 6.45) is 0. The fourth-order valence-electron chi connectivity index (χ4n) is 5.05. The van der Waals surface area contributed by atoms with Crippen molar-refractivity contribution in [1.82, 2.24) is 19.3 Å². The largest absolute Gasteiger partial charge is 0.407 e. The fourth-order valence-corrected chi connectivity index (χ4v) is 5.05. The van der Waals surface area contributed by atoms with Crippen LogP contribution in [0.15, 0.2) is 23.2 Å². The number of likely N-dealkylation sites (N-methyl/N-ethyl adjacent to an activating group) is 1. The maximum Gasteiger partial charge on any atom is 0.407 e. The molecule has 33 heavy (non-hydrogen) atoms. The lowest BCUT2D eigenvalue weighted by atomic mass is 10.1. The van der Waals surface area contributed by atoms with Crippen molar-refractivity contribution in [3.05, 3.63) is 40.7 Å². The molecule has 4 heterocycles. The summed E-state index contributed by atoms with van der Waals surface area (Å²) < 4.78 is 9.49. The van der Waals surface area contributed by atoms with Crippen LogP contribution in [-0.2, 0) is 9.53 Å². The van der Waals surface area contributed by atoms with Gasteiger partial charge in [0.2, 0.25) is 11.9 Å². The zero-order chi connectivity index (χ0) is 23.4. The summed E-state index contributed by atoms with van der Waals surface area (Å²) in [5.74, 6) is 0.957. The van der Waals surface area contributed by atoms with Crippen molar-refractivity contribution in [3.63, 3.8) is 0 Å². The zero-order valence-corrected chi connectivity index (χ0v) is 20.0. The second-order valence-electron chi connectivity index (χ2n) is 9.12. The molecule has 3 aliphatic heterocycles. The maximum absolute atomic E-state index is 13.6. The van der Waals surface area contributed by atoms with Gasteiger partial charge in [-0.3, -0.25) is 19.5 Å². The fraction of sp³-hybridized carbons (Fsp3) is 0.500. The smallest absolute Gasteiger partial charge is 0.379 e. The van der Waals surface area contributed by atoms with E-state index in [1.165, 1.54) is 15.4 Å². The molecular formula is C24H31N6O3+. The Kier molecular flexibility index (Phi) is 5.33. The van der Waals surface area contributed by atoms with E-state index in [4.69, 9.17) is 9.73 Å². The molecule has 0 N–H and O–H groups in total. The second kappa shape index (κ2) is 8.07. The number of hydrogen-bond donors (Lipinski definition) is 0. The number of carbonyl (C=O) groups is 2. The number of aryl methyl sites for hydroxylation is 2. The van der Waals surface area contributed by atoms with E-state index in [9.17, 15) is 9.59 Å². The summed E-state index contributed by atoms with van der Waals surface area (Å²) in [6, 6.07) is 5.37. The van der Waals surface area contributed by atoms with Crippen molar-refractivity contribution >= 4 is 23.7 Å². The summed E-state index contributed by atoms with van der Waals surface area (Å²) in [4.78, 5) is 36.7. The van der Waals surface area contributed by atoms with Crippen LogP contribution >= 0.6 is 0 Å². The van der Waals surface area contributed by atoms with Gasteiger partial charge in [0, 0.05) is 33.2 Å². The normalized spacial score (nSPS) is 20.9. The van der Waals surface area contributed by atoms with Gasteiger partial charge >= 0.3 is 12.0 Å². The van der Waals surface area contributed by atoms with Crippen molar-refractivity contribution in [2.75, 3.05) is 46.4 Å². The van der Waals surface area contributed by atoms with Crippen LogP contribution in [0.2, 0.25) is 0 Å². The minimum absolute atomic E-state index is 0.213. The molecule has 1 atom stereocenters. The first kappa shape index (κ1) is 21.8. The molecule has 3 aliphatic rings. The molecule has 2 saturated heterocycles. The molecule has 1 aromatic heterocycles. The van der Waals surface area contributed by atoms with Crippen molar-refractivity contribution in [2.24, 2.45) is 4.99 Å². The Bertz CT molecular complexity index is 1180. The standard InChI is InChI=1S/C24H31N6O3/c1-15-6-7-19(16(2)14-15)29-17(3)18(4)30-20-21(25-23(29)30)26(5)24(32)28(22(20)31)9-8-27-10-12-33-13-11-27/h6-7,14,20H,8-13H2,1-5H3/q+1. The Balaban J connectivity index is 1.52. The van der Waals surface area contributed by atoms with Gasteiger partial charge in [0.05, 0.1) is 13.2 Å². The number of amidine groups is 1. The van der Waals surface area contributed by atoms with Crippen LogP contribution in [0.5, 0.6) is 0 Å². The Hall–Kier alpha value is -3.04. The molecule has 5 rings (SSSR count). The quantitative estimate of drug-likeness (QED) is 0.665. The highest BCUT2D eigenvalue weighted by atomic mass is 16.5. The van der Waals surface area contributed by atoms with Crippen LogP contribution in [0.25, 0.3) is 5.69 Å². The van der Waals surface area contributed by atoms with Gasteiger partial charge in [-0.2, -0.15) is 4.57 Å². The van der Waals surface area contributed by atoms with Crippen LogP contribution in [0.4, 0.5) is 10.7 Å². The number of hydrogen-bond acceptors (Lipinski definition) is 5. The van der Waals surface area contributed by atoms with E-state index in [0.29, 0.717) is 38.1 Å². The number of rotatable bonds is 4. The van der Waals surface area contributed by atoms with Crippen LogP contribution in [-0.4, -0.2) is 83.5 Å². The van der Waals surface area contributed by atoms with Crippen molar-refractivity contribution in [2.45, 2.75) is 33.7 Å². The first-order valence-electron chi connectivity index (χ1n) is 11.5. The molecular weight excluding hydrogens is 420 g/mol. The number of amides is 3. The molecule has 0 radical (unpaired) electrons. The first-order valence-corrected chi connectivity index (χ1v) is 11.5. The maximum atomic E-state index is 13.6. The molecule has 2 aromatic rings. The number of benzene rings is 1. The Morgan fingerprint density at radius 1 is 1.09 bits per heavy atom.